The number of carbonyl (C=O) groups is 2. The second kappa shape index (κ2) is 8.85. The van der Waals surface area contributed by atoms with Gasteiger partial charge in [0.2, 0.25) is 0 Å². The molecule has 0 aliphatic heterocycles. The number of amides is 2. The van der Waals surface area contributed by atoms with Crippen LogP contribution in [0.1, 0.15) is 32.9 Å². The van der Waals surface area contributed by atoms with Crippen molar-refractivity contribution in [2.45, 2.75) is 13.3 Å². The van der Waals surface area contributed by atoms with Gasteiger partial charge < -0.3 is 20.8 Å². The Morgan fingerprint density at radius 3 is 2.35 bits per heavy atom. The van der Waals surface area contributed by atoms with E-state index in [9.17, 15) is 9.59 Å². The molecule has 7 heteroatoms. The first-order chi connectivity index (χ1) is 10.6. The molecule has 1 aromatic heterocycles. The van der Waals surface area contributed by atoms with Gasteiger partial charge in [-0.05, 0) is 31.5 Å². The van der Waals surface area contributed by atoms with Gasteiger partial charge in [0.1, 0.15) is 0 Å². The van der Waals surface area contributed by atoms with E-state index < -0.39 is 0 Å². The number of aryl methyl sites for hydroxylation is 1. The van der Waals surface area contributed by atoms with Gasteiger partial charge in [-0.15, -0.1) is 12.4 Å². The highest BCUT2D eigenvalue weighted by Crippen LogP contribution is 2.10. The van der Waals surface area contributed by atoms with Gasteiger partial charge in [-0.1, -0.05) is 12.1 Å². The molecule has 4 N–H and O–H groups in total. The highest BCUT2D eigenvalue weighted by atomic mass is 35.5. The Bertz CT molecular complexity index is 670. The third kappa shape index (κ3) is 5.03. The first-order valence-corrected chi connectivity index (χ1v) is 7.04. The fraction of sp³-hybridized carbons (Fsp3) is 0.250. The minimum atomic E-state index is -0.249. The Morgan fingerprint density at radius 1 is 1.09 bits per heavy atom. The summed E-state index contributed by atoms with van der Waals surface area (Å²) in [6.45, 7) is 2.71. The quantitative estimate of drug-likeness (QED) is 0.555. The van der Waals surface area contributed by atoms with Gasteiger partial charge in [-0.3, -0.25) is 9.59 Å². The number of hydrogen-bond donors (Lipinski definition) is 3. The predicted octanol–water partition coefficient (Wildman–Crippen LogP) is 2.14. The lowest BCUT2D eigenvalue weighted by atomic mass is 10.1. The molecule has 23 heavy (non-hydrogen) atoms. The van der Waals surface area contributed by atoms with Crippen LogP contribution in [0.2, 0.25) is 0 Å². The average molecular weight is 338 g/mol. The van der Waals surface area contributed by atoms with Crippen LogP contribution in [0.25, 0.3) is 0 Å². The maximum absolute atomic E-state index is 11.9. The number of nitrogens with two attached hydrogens (primary N) is 1. The smallest absolute Gasteiger partial charge is 0.287 e. The molecule has 1 aromatic carbocycles. The van der Waals surface area contributed by atoms with Crippen LogP contribution in [0, 0.1) is 6.92 Å². The van der Waals surface area contributed by atoms with E-state index in [1.165, 1.54) is 6.26 Å². The molecule has 0 aliphatic carbocycles. The Morgan fingerprint density at radius 2 is 1.74 bits per heavy atom. The summed E-state index contributed by atoms with van der Waals surface area (Å²) >= 11 is 0. The molecule has 1 heterocycles. The molecule has 124 valence electrons. The fourth-order valence-corrected chi connectivity index (χ4v) is 1.98. The minimum Gasteiger partial charge on any atom is -0.459 e. The molecule has 0 atom stereocenters. The summed E-state index contributed by atoms with van der Waals surface area (Å²) < 4.78 is 5.10. The summed E-state index contributed by atoms with van der Waals surface area (Å²) in [6.07, 6.45) is 2.10. The van der Waals surface area contributed by atoms with Gasteiger partial charge in [-0.25, -0.2) is 0 Å². The Kier molecular flexibility index (Phi) is 7.15. The number of benzene rings is 1. The molecule has 0 saturated heterocycles. The van der Waals surface area contributed by atoms with Crippen LogP contribution in [0.4, 0.5) is 5.69 Å². The van der Waals surface area contributed by atoms with Crippen LogP contribution in [-0.2, 0) is 0 Å². The van der Waals surface area contributed by atoms with Crippen LogP contribution in [0.15, 0.2) is 41.0 Å². The molecular weight excluding hydrogens is 318 g/mol. The third-order valence-electron chi connectivity index (χ3n) is 3.20. The summed E-state index contributed by atoms with van der Waals surface area (Å²) in [6, 6.07) is 8.63. The number of halogens is 1. The number of hydrogen-bond acceptors (Lipinski definition) is 4. The monoisotopic (exact) mass is 337 g/mol. The molecule has 0 fully saturated rings. The number of para-hydroxylation sites is 1. The van der Waals surface area contributed by atoms with Crippen LogP contribution >= 0.6 is 12.4 Å². The number of furan rings is 1. The van der Waals surface area contributed by atoms with Crippen molar-refractivity contribution in [2.75, 3.05) is 18.8 Å². The maximum atomic E-state index is 11.9. The second-order valence-corrected chi connectivity index (χ2v) is 4.89. The van der Waals surface area contributed by atoms with E-state index >= 15 is 0 Å². The molecule has 2 aromatic rings. The largest absolute Gasteiger partial charge is 0.459 e. The molecule has 0 radical (unpaired) electrons. The first kappa shape index (κ1) is 18.6. The Labute approximate surface area is 140 Å². The van der Waals surface area contributed by atoms with E-state index in [4.69, 9.17) is 10.2 Å². The highest BCUT2D eigenvalue weighted by Gasteiger charge is 2.11. The van der Waals surface area contributed by atoms with Crippen molar-refractivity contribution in [3.63, 3.8) is 0 Å². The minimum absolute atomic E-state index is 0. The zero-order chi connectivity index (χ0) is 15.9. The molecule has 2 rings (SSSR count). The SMILES string of the molecule is Cc1ccoc1C(=O)NCCCNC(=O)c1ccccc1N.Cl. The number of carbonyl (C=O) groups excluding carboxylic acids is 2. The van der Waals surface area contributed by atoms with E-state index in [1.54, 1.807) is 30.3 Å². The van der Waals surface area contributed by atoms with E-state index in [1.807, 2.05) is 6.92 Å². The van der Waals surface area contributed by atoms with Crippen LogP contribution in [0.5, 0.6) is 0 Å². The lowest BCUT2D eigenvalue weighted by Gasteiger charge is -2.08. The second-order valence-electron chi connectivity index (χ2n) is 4.89. The first-order valence-electron chi connectivity index (χ1n) is 7.04. The molecule has 0 unspecified atom stereocenters. The molecular formula is C16H20ClN3O3. The zero-order valence-electron chi connectivity index (χ0n) is 12.8. The number of nitrogen functional groups attached to an aromatic ring is 1. The van der Waals surface area contributed by atoms with Crippen molar-refractivity contribution in [3.8, 4) is 0 Å². The van der Waals surface area contributed by atoms with Crippen LogP contribution < -0.4 is 16.4 Å². The van der Waals surface area contributed by atoms with E-state index in [0.717, 1.165) is 5.56 Å². The molecule has 0 bridgehead atoms. The normalized spacial score (nSPS) is 9.78. The Hall–Kier alpha value is -2.47. The zero-order valence-corrected chi connectivity index (χ0v) is 13.6. The van der Waals surface area contributed by atoms with Crippen molar-refractivity contribution in [1.29, 1.82) is 0 Å². The third-order valence-corrected chi connectivity index (χ3v) is 3.20. The summed E-state index contributed by atoms with van der Waals surface area (Å²) in [7, 11) is 0. The van der Waals surface area contributed by atoms with Gasteiger partial charge in [0.25, 0.3) is 11.8 Å². The van der Waals surface area contributed by atoms with Gasteiger partial charge in [0.15, 0.2) is 5.76 Å². The van der Waals surface area contributed by atoms with E-state index in [0.29, 0.717) is 36.5 Å². The van der Waals surface area contributed by atoms with Crippen LogP contribution in [0.3, 0.4) is 0 Å². The summed E-state index contributed by atoms with van der Waals surface area (Å²) in [5, 5.41) is 5.51. The van der Waals surface area contributed by atoms with Crippen molar-refractivity contribution in [1.82, 2.24) is 10.6 Å². The van der Waals surface area contributed by atoms with Gasteiger partial charge in [0, 0.05) is 24.3 Å². The van der Waals surface area contributed by atoms with Crippen molar-refractivity contribution >= 4 is 29.9 Å². The number of anilines is 1. The van der Waals surface area contributed by atoms with Crippen LogP contribution in [-0.4, -0.2) is 24.9 Å². The molecule has 6 nitrogen and oxygen atoms in total. The van der Waals surface area contributed by atoms with Gasteiger partial charge in [-0.2, -0.15) is 0 Å². The lowest BCUT2D eigenvalue weighted by molar-refractivity contribution is 0.0924. The maximum Gasteiger partial charge on any atom is 0.287 e. The fourth-order valence-electron chi connectivity index (χ4n) is 1.98. The molecule has 0 spiro atoms. The van der Waals surface area contributed by atoms with Crippen molar-refractivity contribution in [3.05, 3.63) is 53.5 Å². The van der Waals surface area contributed by atoms with Gasteiger partial charge in [0.05, 0.1) is 11.8 Å². The van der Waals surface area contributed by atoms with E-state index in [2.05, 4.69) is 10.6 Å². The highest BCUT2D eigenvalue weighted by molar-refractivity contribution is 5.99. The topological polar surface area (TPSA) is 97.4 Å². The molecule has 0 saturated carbocycles. The molecule has 0 aliphatic rings. The number of nitrogens with one attached hydrogen (secondary N) is 2. The molecule has 2 amide bonds. The number of rotatable bonds is 6. The predicted molar refractivity (Wildman–Crippen MR) is 90.8 cm³/mol. The van der Waals surface area contributed by atoms with E-state index in [-0.39, 0.29) is 24.2 Å². The van der Waals surface area contributed by atoms with Crippen molar-refractivity contribution in [2.24, 2.45) is 0 Å². The average Bonchev–Trinajstić information content (AvgIpc) is 2.93. The van der Waals surface area contributed by atoms with Crippen molar-refractivity contribution < 1.29 is 14.0 Å². The summed E-state index contributed by atoms with van der Waals surface area (Å²) in [5.74, 6) is -0.145. The standard InChI is InChI=1S/C16H19N3O3.ClH/c1-11-7-10-22-14(11)16(21)19-9-4-8-18-15(20)12-5-2-3-6-13(12)17;/h2-3,5-7,10H,4,8-9,17H2,1H3,(H,18,20)(H,19,21);1H. The van der Waals surface area contributed by atoms with Gasteiger partial charge >= 0.3 is 0 Å². The summed E-state index contributed by atoms with van der Waals surface area (Å²) in [5.41, 5.74) is 7.43. The lowest BCUT2D eigenvalue weighted by Crippen LogP contribution is -2.30. The summed E-state index contributed by atoms with van der Waals surface area (Å²) in [4.78, 5) is 23.7. The Balaban J connectivity index is 0.00000264.